The Labute approximate surface area is 220 Å². The molecule has 0 radical (unpaired) electrons. The van der Waals surface area contributed by atoms with Crippen LogP contribution in [0.4, 0.5) is 5.00 Å². The Hall–Kier alpha value is -3.03. The summed E-state index contributed by atoms with van der Waals surface area (Å²) in [6.45, 7) is 6.90. The third-order valence-corrected chi connectivity index (χ3v) is 8.07. The predicted molar refractivity (Wildman–Crippen MR) is 142 cm³/mol. The van der Waals surface area contributed by atoms with Gasteiger partial charge in [-0.25, -0.2) is 0 Å². The quantitative estimate of drug-likeness (QED) is 0.343. The number of hydrogen-bond donors (Lipinski definition) is 1. The maximum Gasteiger partial charge on any atom is 0.235 e. The van der Waals surface area contributed by atoms with Crippen molar-refractivity contribution in [2.45, 2.75) is 64.3 Å². The van der Waals surface area contributed by atoms with Gasteiger partial charge in [-0.1, -0.05) is 25.6 Å². The first kappa shape index (κ1) is 26.0. The topological polar surface area (TPSA) is 102 Å². The van der Waals surface area contributed by atoms with Crippen LogP contribution in [0.1, 0.15) is 61.5 Å². The van der Waals surface area contributed by atoms with Crippen LogP contribution in [0.3, 0.4) is 0 Å². The van der Waals surface area contributed by atoms with Gasteiger partial charge in [0.05, 0.1) is 18.4 Å². The fourth-order valence-electron chi connectivity index (χ4n) is 4.22. The maximum atomic E-state index is 12.8. The van der Waals surface area contributed by atoms with Crippen molar-refractivity contribution in [1.29, 1.82) is 5.26 Å². The molecule has 1 amide bonds. The van der Waals surface area contributed by atoms with Gasteiger partial charge in [-0.3, -0.25) is 4.79 Å². The second-order valence-electron chi connectivity index (χ2n) is 9.14. The first-order chi connectivity index (χ1) is 17.4. The molecule has 190 valence electrons. The molecule has 1 unspecified atom stereocenters. The lowest BCUT2D eigenvalue weighted by atomic mass is 9.96. The Morgan fingerprint density at radius 1 is 1.19 bits per heavy atom. The molecule has 36 heavy (non-hydrogen) atoms. The highest BCUT2D eigenvalue weighted by atomic mass is 32.2. The van der Waals surface area contributed by atoms with E-state index in [1.165, 1.54) is 28.0 Å². The summed E-state index contributed by atoms with van der Waals surface area (Å²) in [6.07, 6.45) is 3.80. The summed E-state index contributed by atoms with van der Waals surface area (Å²) >= 11 is 2.88. The lowest BCUT2D eigenvalue weighted by molar-refractivity contribution is -0.113. The van der Waals surface area contributed by atoms with Crippen LogP contribution in [-0.4, -0.2) is 33.5 Å². The van der Waals surface area contributed by atoms with Crippen molar-refractivity contribution in [3.8, 4) is 17.6 Å². The third-order valence-electron chi connectivity index (χ3n) is 5.90. The van der Waals surface area contributed by atoms with Crippen molar-refractivity contribution in [1.82, 2.24) is 14.8 Å². The summed E-state index contributed by atoms with van der Waals surface area (Å²) in [5.41, 5.74) is 1.74. The summed E-state index contributed by atoms with van der Waals surface area (Å²) < 4.78 is 13.3. The third kappa shape index (κ3) is 6.02. The smallest absolute Gasteiger partial charge is 0.235 e. The molecule has 0 fully saturated rings. The van der Waals surface area contributed by atoms with Gasteiger partial charge in [-0.2, -0.15) is 5.26 Å². The van der Waals surface area contributed by atoms with Crippen molar-refractivity contribution in [3.63, 3.8) is 0 Å². The van der Waals surface area contributed by atoms with Crippen LogP contribution in [0.2, 0.25) is 0 Å². The fourth-order valence-corrected chi connectivity index (χ4v) is 6.23. The number of aryl methyl sites for hydroxylation is 1. The van der Waals surface area contributed by atoms with Gasteiger partial charge >= 0.3 is 0 Å². The first-order valence-electron chi connectivity index (χ1n) is 12.1. The Morgan fingerprint density at radius 3 is 2.61 bits per heavy atom. The summed E-state index contributed by atoms with van der Waals surface area (Å²) in [5.74, 6) is 2.56. The molecule has 0 aliphatic heterocycles. The molecule has 3 aromatic rings. The Morgan fingerprint density at radius 2 is 1.92 bits per heavy atom. The zero-order valence-corrected chi connectivity index (χ0v) is 22.7. The van der Waals surface area contributed by atoms with Crippen molar-refractivity contribution < 1.29 is 14.3 Å². The number of aromatic nitrogens is 3. The van der Waals surface area contributed by atoms with Crippen LogP contribution < -0.4 is 14.8 Å². The van der Waals surface area contributed by atoms with E-state index in [2.05, 4.69) is 35.4 Å². The standard InChI is InChI=1S/C26H31N5O3S2/c1-16(2)14-31-24(17(3)34-19-11-9-18(33-4)10-12-19)29-30-26(31)35-15-23(32)28-25-21(13-27)20-7-5-6-8-22(20)36-25/h9-12,16-17H,5-8,14-15H2,1-4H3,(H,28,32). The Balaban J connectivity index is 1.44. The van der Waals surface area contributed by atoms with Gasteiger partial charge in [-0.15, -0.1) is 21.5 Å². The number of nitriles is 1. The van der Waals surface area contributed by atoms with E-state index in [1.807, 2.05) is 35.8 Å². The minimum Gasteiger partial charge on any atom is -0.497 e. The van der Waals surface area contributed by atoms with E-state index in [0.717, 1.165) is 37.0 Å². The minimum absolute atomic E-state index is 0.154. The highest BCUT2D eigenvalue weighted by Crippen LogP contribution is 2.37. The number of anilines is 1. The van der Waals surface area contributed by atoms with Crippen molar-refractivity contribution in [3.05, 3.63) is 46.1 Å². The molecule has 1 aromatic carbocycles. The maximum absolute atomic E-state index is 12.8. The molecule has 0 saturated heterocycles. The molecule has 0 spiro atoms. The molecular weight excluding hydrogens is 494 g/mol. The number of amides is 1. The molecular formula is C26H31N5O3S2. The van der Waals surface area contributed by atoms with Crippen LogP contribution >= 0.6 is 23.1 Å². The summed E-state index contributed by atoms with van der Waals surface area (Å²) in [7, 11) is 1.63. The number of carbonyl (C=O) groups is 1. The summed E-state index contributed by atoms with van der Waals surface area (Å²) in [6, 6.07) is 9.71. The molecule has 10 heteroatoms. The van der Waals surface area contributed by atoms with Gasteiger partial charge in [0.2, 0.25) is 5.91 Å². The number of thioether (sulfide) groups is 1. The number of benzene rings is 1. The number of nitrogens with one attached hydrogen (secondary N) is 1. The molecule has 1 aliphatic carbocycles. The lowest BCUT2D eigenvalue weighted by Gasteiger charge is -2.18. The van der Waals surface area contributed by atoms with Gasteiger partial charge in [0, 0.05) is 11.4 Å². The molecule has 1 aliphatic rings. The number of methoxy groups -OCH3 is 1. The van der Waals surface area contributed by atoms with Gasteiger partial charge in [-0.05, 0) is 68.4 Å². The van der Waals surface area contributed by atoms with E-state index < -0.39 is 0 Å². The lowest BCUT2D eigenvalue weighted by Crippen LogP contribution is -2.17. The molecule has 2 aromatic heterocycles. The van der Waals surface area contributed by atoms with Gasteiger partial charge in [0.1, 0.15) is 22.6 Å². The van der Waals surface area contributed by atoms with E-state index in [1.54, 1.807) is 7.11 Å². The second kappa shape index (κ2) is 11.8. The van der Waals surface area contributed by atoms with Crippen molar-refractivity contribution >= 4 is 34.0 Å². The fraction of sp³-hybridized carbons (Fsp3) is 0.462. The van der Waals surface area contributed by atoms with Crippen LogP contribution in [0, 0.1) is 17.2 Å². The van der Waals surface area contributed by atoms with Crippen LogP contribution in [-0.2, 0) is 24.2 Å². The number of rotatable bonds is 10. The monoisotopic (exact) mass is 525 g/mol. The molecule has 8 nitrogen and oxygen atoms in total. The van der Waals surface area contributed by atoms with Gasteiger partial charge in [0.15, 0.2) is 17.1 Å². The number of carbonyl (C=O) groups excluding carboxylic acids is 1. The predicted octanol–water partition coefficient (Wildman–Crippen LogP) is 5.63. The first-order valence-corrected chi connectivity index (χ1v) is 13.9. The van der Waals surface area contributed by atoms with Gasteiger partial charge < -0.3 is 19.4 Å². The van der Waals surface area contributed by atoms with Gasteiger partial charge in [0.25, 0.3) is 0 Å². The number of ether oxygens (including phenoxy) is 2. The molecule has 1 N–H and O–H groups in total. The molecule has 2 heterocycles. The number of fused-ring (bicyclic) bond motifs is 1. The highest BCUT2D eigenvalue weighted by molar-refractivity contribution is 7.99. The Kier molecular flexibility index (Phi) is 8.54. The van der Waals surface area contributed by atoms with Crippen LogP contribution in [0.25, 0.3) is 0 Å². The van der Waals surface area contributed by atoms with E-state index >= 15 is 0 Å². The average Bonchev–Trinajstić information content (AvgIpc) is 3.43. The molecule has 1 atom stereocenters. The van der Waals surface area contributed by atoms with E-state index in [4.69, 9.17) is 9.47 Å². The number of thiophene rings is 1. The zero-order valence-electron chi connectivity index (χ0n) is 21.0. The average molecular weight is 526 g/mol. The van der Waals surface area contributed by atoms with Crippen LogP contribution in [0.5, 0.6) is 11.5 Å². The van der Waals surface area contributed by atoms with E-state index in [0.29, 0.717) is 39.8 Å². The Bertz CT molecular complexity index is 1240. The number of hydrogen-bond acceptors (Lipinski definition) is 8. The van der Waals surface area contributed by atoms with Crippen LogP contribution in [0.15, 0.2) is 29.4 Å². The SMILES string of the molecule is COc1ccc(OC(C)c2nnc(SCC(=O)Nc3sc4c(c3C#N)CCCC4)n2CC(C)C)cc1. The van der Waals surface area contributed by atoms with E-state index in [-0.39, 0.29) is 17.8 Å². The number of nitrogens with zero attached hydrogens (tertiary/aromatic N) is 4. The summed E-state index contributed by atoms with van der Waals surface area (Å²) in [4.78, 5) is 14.0. The largest absolute Gasteiger partial charge is 0.497 e. The zero-order chi connectivity index (χ0) is 25.7. The normalized spacial score (nSPS) is 13.7. The highest BCUT2D eigenvalue weighted by Gasteiger charge is 2.23. The summed E-state index contributed by atoms with van der Waals surface area (Å²) in [5, 5.41) is 22.7. The molecule has 4 rings (SSSR count). The molecule has 0 saturated carbocycles. The van der Waals surface area contributed by atoms with Crippen molar-refractivity contribution in [2.24, 2.45) is 5.92 Å². The second-order valence-corrected chi connectivity index (χ2v) is 11.2. The van der Waals surface area contributed by atoms with E-state index in [9.17, 15) is 10.1 Å². The minimum atomic E-state index is -0.330. The van der Waals surface area contributed by atoms with Crippen molar-refractivity contribution in [2.75, 3.05) is 18.2 Å². The molecule has 0 bridgehead atoms.